The first-order chi connectivity index (χ1) is 45.9. The molecule has 0 atom stereocenters. The lowest BCUT2D eigenvalue weighted by atomic mass is 10.1. The summed E-state index contributed by atoms with van der Waals surface area (Å²) in [6.07, 6.45) is 23.1. The molecule has 26 heteroatoms. The normalized spacial score (nSPS) is 9.50. The van der Waals surface area contributed by atoms with Gasteiger partial charge in [-0.3, -0.25) is 67.1 Å². The molecule has 0 aromatic heterocycles. The molecule has 0 heterocycles. The molecule has 0 aromatic carbocycles. The molecule has 26 nitrogen and oxygen atoms in total. The highest BCUT2D eigenvalue weighted by atomic mass is 16.2. The Hall–Kier alpha value is -10.7. The molecule has 0 rings (SSSR count). The van der Waals surface area contributed by atoms with Gasteiger partial charge in [0, 0.05) is 131 Å². The molecule has 0 fully saturated rings. The molecule has 0 bridgehead atoms. The van der Waals surface area contributed by atoms with Crippen LogP contribution in [0.2, 0.25) is 0 Å². The molecule has 0 aliphatic rings. The number of unbranched alkanes of at least 4 members (excludes halogenated alkanes) is 2. The zero-order valence-corrected chi connectivity index (χ0v) is 56.2. The summed E-state index contributed by atoms with van der Waals surface area (Å²) in [5, 5.41) is 15.7. The third kappa shape index (κ3) is 50.9. The van der Waals surface area contributed by atoms with Crippen molar-refractivity contribution in [2.24, 2.45) is 0 Å². The quantitative estimate of drug-likeness (QED) is 0.0376. The second-order valence-corrected chi connectivity index (χ2v) is 19.8. The fourth-order valence-corrected chi connectivity index (χ4v) is 7.68. The minimum absolute atomic E-state index is 0.00707. The van der Waals surface area contributed by atoms with Crippen LogP contribution in [0.3, 0.4) is 0 Å². The van der Waals surface area contributed by atoms with E-state index in [1.807, 2.05) is 0 Å². The van der Waals surface area contributed by atoms with Gasteiger partial charge in [-0.05, 0) is 136 Å². The third-order valence-corrected chi connectivity index (χ3v) is 12.9. The number of ketones is 2. The van der Waals surface area contributed by atoms with Gasteiger partial charge in [-0.2, -0.15) is 0 Å². The second-order valence-electron chi connectivity index (χ2n) is 19.8. The van der Waals surface area contributed by atoms with Crippen LogP contribution in [-0.4, -0.2) is 230 Å². The number of carbonyl (C=O) groups is 14. The van der Waals surface area contributed by atoms with Gasteiger partial charge in [0.05, 0.1) is 0 Å². The number of amides is 12. The number of nitrogens with zero attached hydrogens (tertiary/aromatic N) is 6. The van der Waals surface area contributed by atoms with Crippen molar-refractivity contribution in [3.05, 3.63) is 177 Å². The average molecular weight is 1340 g/mol. The van der Waals surface area contributed by atoms with Gasteiger partial charge in [0.2, 0.25) is 70.9 Å². The zero-order chi connectivity index (χ0) is 73.5. The van der Waals surface area contributed by atoms with E-state index in [0.29, 0.717) is 137 Å². The molecule has 0 unspecified atom stereocenters. The summed E-state index contributed by atoms with van der Waals surface area (Å²) >= 11 is 0. The lowest BCUT2D eigenvalue weighted by Crippen LogP contribution is -2.43. The second kappa shape index (κ2) is 61.8. The van der Waals surface area contributed by atoms with Crippen molar-refractivity contribution in [1.29, 1.82) is 0 Å². The van der Waals surface area contributed by atoms with Crippen molar-refractivity contribution in [3.8, 4) is 0 Å². The van der Waals surface area contributed by atoms with Crippen molar-refractivity contribution in [3.63, 3.8) is 0 Å². The first kappa shape index (κ1) is 91.8. The van der Waals surface area contributed by atoms with Crippen molar-refractivity contribution in [2.75, 3.05) is 118 Å². The number of allylic oxidation sites excluding steroid dienone is 2. The average Bonchev–Trinajstić information content (AvgIpc) is 3.81. The molecule has 528 valence electrons. The van der Waals surface area contributed by atoms with E-state index in [2.05, 4.69) is 124 Å². The molecule has 0 saturated carbocycles. The number of hydrogen-bond acceptors (Lipinski definition) is 14. The smallest absolute Gasteiger partial charge is 0.246 e. The van der Waals surface area contributed by atoms with Crippen LogP contribution in [-0.2, 0) is 67.1 Å². The molecule has 0 aromatic rings. The molecule has 0 aliphatic carbocycles. The Labute approximate surface area is 567 Å². The summed E-state index contributed by atoms with van der Waals surface area (Å²) in [6.45, 7) is 55.1. The van der Waals surface area contributed by atoms with E-state index in [1.165, 1.54) is 81.5 Å². The van der Waals surface area contributed by atoms with E-state index >= 15 is 0 Å². The van der Waals surface area contributed by atoms with Crippen LogP contribution in [0.25, 0.3) is 0 Å². The topological polar surface area (TPSA) is 331 Å². The van der Waals surface area contributed by atoms with E-state index in [0.717, 1.165) is 37.5 Å². The van der Waals surface area contributed by atoms with Crippen LogP contribution in [0, 0.1) is 0 Å². The standard InChI is InChI=1S/C23H35N3O4.C19H27N3O4.C15H23N3O3.C13H19N3O3/c1-5-20(27)14-9-10-16-25(22(29)7-3)17-11-12-18-26(23(30)8-4)19-13-15-24-21(28)6-2;1-5-16(23)10-9-12-21(18(25)7-3)14-15-22(19(26)8-4)13-11-20-17(24)6-2;1-4-13(19)16-9-7-11-18(15(21)6-3)12-8-10-17-14(20)5-2;1-4-11(17)14-7-9-16(13(19)6-3)10-8-15-12(18)5-2/h5-8H,1-4,9-19H2,(H,24,28);5-8H,1-4,9-15H2,(H,20,24);4-6H,1-3,7-12H2,(H,16,19)(H,17,20);4-6H,1-3,7-10H2,(H,14,17)(H,15,18). The van der Waals surface area contributed by atoms with Crippen molar-refractivity contribution in [2.45, 2.75) is 64.2 Å². The van der Waals surface area contributed by atoms with Gasteiger partial charge in [0.1, 0.15) is 0 Å². The highest BCUT2D eigenvalue weighted by Gasteiger charge is 2.18. The monoisotopic (exact) mass is 1340 g/mol. The summed E-state index contributed by atoms with van der Waals surface area (Å²) in [7, 11) is 0. The van der Waals surface area contributed by atoms with E-state index in [9.17, 15) is 67.1 Å². The Kier molecular flexibility index (Phi) is 59.1. The lowest BCUT2D eigenvalue weighted by Gasteiger charge is -2.27. The van der Waals surface area contributed by atoms with Gasteiger partial charge in [-0.25, -0.2) is 0 Å². The van der Waals surface area contributed by atoms with Crippen LogP contribution in [0.1, 0.15) is 64.2 Å². The molecule has 6 N–H and O–H groups in total. The van der Waals surface area contributed by atoms with Crippen molar-refractivity contribution in [1.82, 2.24) is 61.3 Å². The van der Waals surface area contributed by atoms with Crippen LogP contribution in [0.5, 0.6) is 0 Å². The van der Waals surface area contributed by atoms with Crippen LogP contribution < -0.4 is 31.9 Å². The van der Waals surface area contributed by atoms with Gasteiger partial charge in [0.25, 0.3) is 0 Å². The summed E-state index contributed by atoms with van der Waals surface area (Å²) in [4.78, 5) is 169. The number of nitrogens with one attached hydrogen (secondary N) is 6. The third-order valence-electron chi connectivity index (χ3n) is 12.9. The Bertz CT molecular complexity index is 2530. The lowest BCUT2D eigenvalue weighted by molar-refractivity contribution is -0.130. The summed E-state index contributed by atoms with van der Waals surface area (Å²) in [6, 6.07) is 0. The Morgan fingerprint density at radius 3 is 0.625 bits per heavy atom. The molecule has 0 radical (unpaired) electrons. The maximum atomic E-state index is 12.0. The maximum absolute atomic E-state index is 12.0. The highest BCUT2D eigenvalue weighted by Crippen LogP contribution is 2.07. The van der Waals surface area contributed by atoms with Crippen molar-refractivity contribution >= 4 is 82.5 Å². The zero-order valence-electron chi connectivity index (χ0n) is 56.2. The maximum Gasteiger partial charge on any atom is 0.246 e. The minimum Gasteiger partial charge on any atom is -0.353 e. The van der Waals surface area contributed by atoms with E-state index in [4.69, 9.17) is 0 Å². The predicted molar refractivity (Wildman–Crippen MR) is 376 cm³/mol. The molecular formula is C70H104N12O14. The van der Waals surface area contributed by atoms with Crippen LogP contribution >= 0.6 is 0 Å². The Morgan fingerprint density at radius 1 is 0.198 bits per heavy atom. The van der Waals surface area contributed by atoms with Gasteiger partial charge < -0.3 is 61.3 Å². The van der Waals surface area contributed by atoms with Gasteiger partial charge in [-0.1, -0.05) is 92.1 Å². The molecule has 96 heavy (non-hydrogen) atoms. The summed E-state index contributed by atoms with van der Waals surface area (Å²) in [5.74, 6) is -3.01. The molecule has 0 spiro atoms. The molecular weight excluding hydrogens is 1230 g/mol. The predicted octanol–water partition coefficient (Wildman–Crippen LogP) is 3.26. The van der Waals surface area contributed by atoms with Gasteiger partial charge >= 0.3 is 0 Å². The molecule has 0 saturated heterocycles. The van der Waals surface area contributed by atoms with Crippen molar-refractivity contribution < 1.29 is 67.1 Å². The SMILES string of the molecule is C=CC(=O)CCCCN(CCCCN(CCCNC(=O)C=C)C(=O)C=C)C(=O)C=C.C=CC(=O)CCCN(CCN(CCNC(=O)C=C)C(=O)C=C)C(=O)C=C.C=CC(=O)NCCCN(CCCNC(=O)C=C)C(=O)C=C.C=CC(=O)NCCN(CCNC(=O)C=C)C(=O)C=C. The first-order valence-corrected chi connectivity index (χ1v) is 31.1. The van der Waals surface area contributed by atoms with Gasteiger partial charge in [-0.15, -0.1) is 0 Å². The fraction of sp³-hybridized carbons (Fsp3) is 0.400. The van der Waals surface area contributed by atoms with E-state index < -0.39 is 0 Å². The summed E-state index contributed by atoms with van der Waals surface area (Å²) in [5.41, 5.74) is 0. The largest absolute Gasteiger partial charge is 0.353 e. The Morgan fingerprint density at radius 2 is 0.385 bits per heavy atom. The first-order valence-electron chi connectivity index (χ1n) is 31.1. The number of rotatable bonds is 52. The summed E-state index contributed by atoms with van der Waals surface area (Å²) < 4.78 is 0. The number of hydrogen-bond donors (Lipinski definition) is 6. The minimum atomic E-state index is -0.327. The fourth-order valence-electron chi connectivity index (χ4n) is 7.68. The van der Waals surface area contributed by atoms with Crippen LogP contribution in [0.15, 0.2) is 177 Å². The number of carbonyl (C=O) groups excluding carboxylic acids is 14. The van der Waals surface area contributed by atoms with E-state index in [1.54, 1.807) is 14.7 Å². The molecule has 0 aliphatic heterocycles. The van der Waals surface area contributed by atoms with Gasteiger partial charge in [0.15, 0.2) is 11.6 Å². The van der Waals surface area contributed by atoms with E-state index in [-0.39, 0.29) is 109 Å². The van der Waals surface area contributed by atoms with Crippen LogP contribution in [0.4, 0.5) is 0 Å². The molecule has 12 amide bonds. The Balaban J connectivity index is -0.000000597. The highest BCUT2D eigenvalue weighted by molar-refractivity contribution is 5.92.